The molecule has 0 radical (unpaired) electrons. The van der Waals surface area contributed by atoms with E-state index in [0.29, 0.717) is 12.1 Å². The van der Waals surface area contributed by atoms with Crippen LogP contribution in [0.4, 0.5) is 0 Å². The van der Waals surface area contributed by atoms with Crippen molar-refractivity contribution < 1.29 is 4.74 Å². The molecule has 0 saturated carbocycles. The summed E-state index contributed by atoms with van der Waals surface area (Å²) in [6.45, 7) is 12.5. The number of piperidine rings is 1. The number of hydrogen-bond donors (Lipinski definition) is 1. The van der Waals surface area contributed by atoms with Gasteiger partial charge in [0.05, 0.1) is 6.10 Å². The third-order valence-electron chi connectivity index (χ3n) is 3.82. The zero-order chi connectivity index (χ0) is 13.6. The number of nitrogens with zero attached hydrogens (tertiary/aromatic N) is 1. The topological polar surface area (TPSA) is 24.5 Å². The van der Waals surface area contributed by atoms with Crippen LogP contribution < -0.4 is 5.32 Å². The van der Waals surface area contributed by atoms with Crippen LogP contribution >= 0.6 is 0 Å². The highest BCUT2D eigenvalue weighted by Crippen LogP contribution is 2.18. The molecule has 0 aromatic heterocycles. The predicted molar refractivity (Wildman–Crippen MR) is 78.1 cm³/mol. The van der Waals surface area contributed by atoms with E-state index < -0.39 is 0 Å². The number of likely N-dealkylation sites (tertiary alicyclic amines) is 1. The molecule has 1 rings (SSSR count). The van der Waals surface area contributed by atoms with Gasteiger partial charge in [-0.15, -0.1) is 0 Å². The molecule has 1 N–H and O–H groups in total. The Morgan fingerprint density at radius 1 is 1.28 bits per heavy atom. The SMILES string of the molecule is CCCC(CNC(C)(C)C)N1CCC(OC)CC1. The third-order valence-corrected chi connectivity index (χ3v) is 3.82. The van der Waals surface area contributed by atoms with Crippen LogP contribution in [-0.4, -0.2) is 49.3 Å². The van der Waals surface area contributed by atoms with E-state index in [9.17, 15) is 0 Å². The highest BCUT2D eigenvalue weighted by molar-refractivity contribution is 4.82. The lowest BCUT2D eigenvalue weighted by Gasteiger charge is -2.38. The normalized spacial score (nSPS) is 21.2. The van der Waals surface area contributed by atoms with Crippen molar-refractivity contribution in [3.8, 4) is 0 Å². The summed E-state index contributed by atoms with van der Waals surface area (Å²) in [5.74, 6) is 0. The van der Waals surface area contributed by atoms with E-state index in [4.69, 9.17) is 4.74 Å². The van der Waals surface area contributed by atoms with Gasteiger partial charge in [0.15, 0.2) is 0 Å². The summed E-state index contributed by atoms with van der Waals surface area (Å²) in [5, 5.41) is 3.66. The highest BCUT2D eigenvalue weighted by Gasteiger charge is 2.25. The number of methoxy groups -OCH3 is 1. The maximum atomic E-state index is 5.45. The molecule has 18 heavy (non-hydrogen) atoms. The molecule has 108 valence electrons. The van der Waals surface area contributed by atoms with Crippen LogP contribution in [0.25, 0.3) is 0 Å². The Morgan fingerprint density at radius 3 is 2.33 bits per heavy atom. The van der Waals surface area contributed by atoms with Crippen molar-refractivity contribution in [2.45, 2.75) is 71.1 Å². The first-order valence-corrected chi connectivity index (χ1v) is 7.48. The van der Waals surface area contributed by atoms with Gasteiger partial charge in [0.1, 0.15) is 0 Å². The van der Waals surface area contributed by atoms with Gasteiger partial charge in [-0.25, -0.2) is 0 Å². The van der Waals surface area contributed by atoms with Gasteiger partial charge in [0.25, 0.3) is 0 Å². The van der Waals surface area contributed by atoms with Crippen LogP contribution in [0, 0.1) is 0 Å². The number of hydrogen-bond acceptors (Lipinski definition) is 3. The molecule has 0 aromatic carbocycles. The third kappa shape index (κ3) is 5.68. The molecule has 0 spiro atoms. The summed E-state index contributed by atoms with van der Waals surface area (Å²) in [5.41, 5.74) is 0.219. The van der Waals surface area contributed by atoms with Crippen molar-refractivity contribution in [3.63, 3.8) is 0 Å². The summed E-state index contributed by atoms with van der Waals surface area (Å²) >= 11 is 0. The van der Waals surface area contributed by atoms with E-state index >= 15 is 0 Å². The van der Waals surface area contributed by atoms with Gasteiger partial charge in [-0.1, -0.05) is 13.3 Å². The molecule has 0 aliphatic carbocycles. The van der Waals surface area contributed by atoms with Crippen molar-refractivity contribution in [3.05, 3.63) is 0 Å². The molecule has 0 amide bonds. The highest BCUT2D eigenvalue weighted by atomic mass is 16.5. The second kappa shape index (κ2) is 7.46. The number of rotatable bonds is 6. The maximum Gasteiger partial charge on any atom is 0.0595 e. The van der Waals surface area contributed by atoms with Crippen molar-refractivity contribution in [2.75, 3.05) is 26.7 Å². The van der Waals surface area contributed by atoms with Crippen molar-refractivity contribution >= 4 is 0 Å². The lowest BCUT2D eigenvalue weighted by atomic mass is 10.0. The van der Waals surface area contributed by atoms with Crippen LogP contribution in [0.1, 0.15) is 53.4 Å². The van der Waals surface area contributed by atoms with Crippen LogP contribution in [0.15, 0.2) is 0 Å². The van der Waals surface area contributed by atoms with Gasteiger partial charge >= 0.3 is 0 Å². The largest absolute Gasteiger partial charge is 0.381 e. The van der Waals surface area contributed by atoms with Gasteiger partial charge in [0, 0.05) is 38.3 Å². The molecule has 1 atom stereocenters. The Bertz CT molecular complexity index is 217. The predicted octanol–water partition coefficient (Wildman–Crippen LogP) is 2.65. The summed E-state index contributed by atoms with van der Waals surface area (Å²) < 4.78 is 5.45. The van der Waals surface area contributed by atoms with Crippen LogP contribution in [0.5, 0.6) is 0 Å². The van der Waals surface area contributed by atoms with E-state index in [-0.39, 0.29) is 5.54 Å². The smallest absolute Gasteiger partial charge is 0.0595 e. The number of ether oxygens (including phenoxy) is 1. The minimum absolute atomic E-state index is 0.219. The molecule has 0 bridgehead atoms. The molecule has 1 saturated heterocycles. The molecule has 1 heterocycles. The Labute approximate surface area is 113 Å². The molecular formula is C15H32N2O. The standard InChI is InChI=1S/C15H32N2O/c1-6-7-13(12-16-15(2,3)4)17-10-8-14(18-5)9-11-17/h13-14,16H,6-12H2,1-5H3. The van der Waals surface area contributed by atoms with Crippen LogP contribution in [-0.2, 0) is 4.74 Å². The first-order valence-electron chi connectivity index (χ1n) is 7.48. The maximum absolute atomic E-state index is 5.45. The van der Waals surface area contributed by atoms with Gasteiger partial charge < -0.3 is 10.1 Å². The first kappa shape index (κ1) is 15.9. The summed E-state index contributed by atoms with van der Waals surface area (Å²) in [6, 6.07) is 0.687. The van der Waals surface area contributed by atoms with Gasteiger partial charge in [-0.05, 0) is 40.0 Å². The average molecular weight is 256 g/mol. The Hall–Kier alpha value is -0.120. The zero-order valence-electron chi connectivity index (χ0n) is 13.0. The fourth-order valence-electron chi connectivity index (χ4n) is 2.65. The molecule has 0 aromatic rings. The van der Waals surface area contributed by atoms with Gasteiger partial charge in [-0.2, -0.15) is 0 Å². The fourth-order valence-corrected chi connectivity index (χ4v) is 2.65. The lowest BCUT2D eigenvalue weighted by molar-refractivity contribution is 0.0248. The van der Waals surface area contributed by atoms with Crippen LogP contribution in [0.3, 0.4) is 0 Å². The van der Waals surface area contributed by atoms with Crippen LogP contribution in [0.2, 0.25) is 0 Å². The molecule has 3 nitrogen and oxygen atoms in total. The van der Waals surface area contributed by atoms with E-state index in [1.165, 1.54) is 38.8 Å². The first-order chi connectivity index (χ1) is 8.46. The van der Waals surface area contributed by atoms with E-state index in [1.54, 1.807) is 0 Å². The molecule has 1 aliphatic heterocycles. The molecule has 1 aliphatic rings. The molecule has 1 fully saturated rings. The molecule has 1 unspecified atom stereocenters. The van der Waals surface area contributed by atoms with E-state index in [1.807, 2.05) is 7.11 Å². The Balaban J connectivity index is 2.41. The second-order valence-electron chi connectivity index (χ2n) is 6.54. The quantitative estimate of drug-likeness (QED) is 0.791. The van der Waals surface area contributed by atoms with Crippen molar-refractivity contribution in [1.29, 1.82) is 0 Å². The van der Waals surface area contributed by atoms with Crippen molar-refractivity contribution in [2.24, 2.45) is 0 Å². The minimum atomic E-state index is 0.219. The fraction of sp³-hybridized carbons (Fsp3) is 1.00. The molecular weight excluding hydrogens is 224 g/mol. The van der Waals surface area contributed by atoms with E-state index in [0.717, 1.165) is 6.54 Å². The summed E-state index contributed by atoms with van der Waals surface area (Å²) in [7, 11) is 1.84. The molecule has 3 heteroatoms. The monoisotopic (exact) mass is 256 g/mol. The van der Waals surface area contributed by atoms with Crippen molar-refractivity contribution in [1.82, 2.24) is 10.2 Å². The minimum Gasteiger partial charge on any atom is -0.381 e. The summed E-state index contributed by atoms with van der Waals surface area (Å²) in [6.07, 6.45) is 5.42. The second-order valence-corrected chi connectivity index (χ2v) is 6.54. The van der Waals surface area contributed by atoms with Gasteiger partial charge in [-0.3, -0.25) is 4.90 Å². The zero-order valence-corrected chi connectivity index (χ0v) is 13.0. The lowest BCUT2D eigenvalue weighted by Crippen LogP contribution is -2.50. The summed E-state index contributed by atoms with van der Waals surface area (Å²) in [4.78, 5) is 2.65. The van der Waals surface area contributed by atoms with E-state index in [2.05, 4.69) is 37.9 Å². The van der Waals surface area contributed by atoms with Gasteiger partial charge in [0.2, 0.25) is 0 Å². The average Bonchev–Trinajstić information content (AvgIpc) is 2.33. The Kier molecular flexibility index (Phi) is 6.61. The Morgan fingerprint density at radius 2 is 1.89 bits per heavy atom. The number of nitrogens with one attached hydrogen (secondary N) is 1.